The highest BCUT2D eigenvalue weighted by molar-refractivity contribution is 4.52. The van der Waals surface area contributed by atoms with E-state index >= 15 is 0 Å². The molecule has 0 atom stereocenters. The average Bonchev–Trinajstić information content (AvgIpc) is 1.82. The van der Waals surface area contributed by atoms with Gasteiger partial charge in [0.2, 0.25) is 0 Å². The molecule has 0 spiro atoms. The van der Waals surface area contributed by atoms with Crippen LogP contribution in [0.2, 0.25) is 0 Å². The van der Waals surface area contributed by atoms with E-state index in [1.807, 2.05) is 0 Å². The molecule has 0 aromatic heterocycles. The SMILES string of the molecule is CCNN(CC)C(C)C. The maximum Gasteiger partial charge on any atom is 0.0186 e. The predicted molar refractivity (Wildman–Crippen MR) is 41.2 cm³/mol. The Hall–Kier alpha value is -0.0800. The first-order valence-corrected chi connectivity index (χ1v) is 3.72. The van der Waals surface area contributed by atoms with Crippen LogP contribution in [0.5, 0.6) is 0 Å². The molecule has 0 unspecified atom stereocenters. The van der Waals surface area contributed by atoms with Crippen LogP contribution in [0.4, 0.5) is 0 Å². The van der Waals surface area contributed by atoms with Crippen molar-refractivity contribution in [2.75, 3.05) is 13.1 Å². The minimum absolute atomic E-state index is 0.606. The van der Waals surface area contributed by atoms with Crippen molar-refractivity contribution in [1.82, 2.24) is 10.4 Å². The Morgan fingerprint density at radius 1 is 1.33 bits per heavy atom. The van der Waals surface area contributed by atoms with Gasteiger partial charge in [-0.15, -0.1) is 0 Å². The highest BCUT2D eigenvalue weighted by Gasteiger charge is 2.02. The summed E-state index contributed by atoms with van der Waals surface area (Å²) in [6.07, 6.45) is 0. The molecular weight excluding hydrogens is 112 g/mol. The van der Waals surface area contributed by atoms with E-state index in [1.165, 1.54) is 0 Å². The standard InChI is InChI=1S/C7H18N2/c1-5-8-9(6-2)7(3)4/h7-8H,5-6H2,1-4H3. The largest absolute Gasteiger partial charge is 0.255 e. The fourth-order valence-electron chi connectivity index (χ4n) is 0.863. The van der Waals surface area contributed by atoms with Gasteiger partial charge in [0.05, 0.1) is 0 Å². The van der Waals surface area contributed by atoms with Crippen molar-refractivity contribution in [3.8, 4) is 0 Å². The molecule has 0 amide bonds. The summed E-state index contributed by atoms with van der Waals surface area (Å²) in [5.41, 5.74) is 3.27. The molecule has 0 aromatic rings. The Morgan fingerprint density at radius 3 is 2.00 bits per heavy atom. The molecule has 0 aliphatic carbocycles. The first kappa shape index (κ1) is 8.92. The van der Waals surface area contributed by atoms with Crippen molar-refractivity contribution in [2.24, 2.45) is 0 Å². The normalized spacial score (nSPS) is 11.3. The number of rotatable bonds is 4. The second-order valence-corrected chi connectivity index (χ2v) is 2.39. The fraction of sp³-hybridized carbons (Fsp3) is 1.00. The molecule has 9 heavy (non-hydrogen) atoms. The highest BCUT2D eigenvalue weighted by Crippen LogP contribution is 1.90. The zero-order chi connectivity index (χ0) is 7.28. The molecule has 2 nitrogen and oxygen atoms in total. The number of hydrogen-bond donors (Lipinski definition) is 1. The summed E-state index contributed by atoms with van der Waals surface area (Å²) in [6.45, 7) is 10.7. The van der Waals surface area contributed by atoms with Crippen LogP contribution in [0.1, 0.15) is 27.7 Å². The number of nitrogens with zero attached hydrogens (tertiary/aromatic N) is 1. The first-order valence-electron chi connectivity index (χ1n) is 3.72. The first-order chi connectivity index (χ1) is 4.22. The van der Waals surface area contributed by atoms with Gasteiger partial charge in [0.1, 0.15) is 0 Å². The topological polar surface area (TPSA) is 15.3 Å². The zero-order valence-corrected chi connectivity index (χ0v) is 6.94. The lowest BCUT2D eigenvalue weighted by Gasteiger charge is -2.24. The maximum atomic E-state index is 3.27. The van der Waals surface area contributed by atoms with Crippen LogP contribution in [-0.4, -0.2) is 24.1 Å². The molecule has 0 bridgehead atoms. The van der Waals surface area contributed by atoms with Gasteiger partial charge in [-0.25, -0.2) is 5.01 Å². The van der Waals surface area contributed by atoms with Crippen LogP contribution < -0.4 is 5.43 Å². The fourth-order valence-corrected chi connectivity index (χ4v) is 0.863. The third kappa shape index (κ3) is 3.49. The summed E-state index contributed by atoms with van der Waals surface area (Å²) in [6, 6.07) is 0.606. The Morgan fingerprint density at radius 2 is 1.89 bits per heavy atom. The van der Waals surface area contributed by atoms with E-state index < -0.39 is 0 Å². The molecule has 1 N–H and O–H groups in total. The molecule has 0 fully saturated rings. The van der Waals surface area contributed by atoms with E-state index in [0.717, 1.165) is 13.1 Å². The monoisotopic (exact) mass is 130 g/mol. The lowest BCUT2D eigenvalue weighted by Crippen LogP contribution is -2.42. The summed E-state index contributed by atoms with van der Waals surface area (Å²) in [4.78, 5) is 0. The Balaban J connectivity index is 3.41. The molecule has 0 aromatic carbocycles. The zero-order valence-electron chi connectivity index (χ0n) is 6.94. The summed E-state index contributed by atoms with van der Waals surface area (Å²) in [7, 11) is 0. The van der Waals surface area contributed by atoms with Gasteiger partial charge in [-0.05, 0) is 13.8 Å². The Bertz CT molecular complexity index is 61.9. The van der Waals surface area contributed by atoms with Gasteiger partial charge in [-0.2, -0.15) is 0 Å². The van der Waals surface area contributed by atoms with Gasteiger partial charge in [0, 0.05) is 19.1 Å². The van der Waals surface area contributed by atoms with Crippen LogP contribution in [-0.2, 0) is 0 Å². The minimum atomic E-state index is 0.606. The maximum absolute atomic E-state index is 3.27. The van der Waals surface area contributed by atoms with Crippen LogP contribution in [0.15, 0.2) is 0 Å². The second-order valence-electron chi connectivity index (χ2n) is 2.39. The predicted octanol–water partition coefficient (Wildman–Crippen LogP) is 1.24. The summed E-state index contributed by atoms with van der Waals surface area (Å²) >= 11 is 0. The van der Waals surface area contributed by atoms with Crippen molar-refractivity contribution in [1.29, 1.82) is 0 Å². The highest BCUT2D eigenvalue weighted by atomic mass is 15.5. The third-order valence-electron chi connectivity index (χ3n) is 1.33. The summed E-state index contributed by atoms with van der Waals surface area (Å²) < 4.78 is 0. The van der Waals surface area contributed by atoms with Gasteiger partial charge in [-0.3, -0.25) is 5.43 Å². The molecule has 0 radical (unpaired) electrons. The van der Waals surface area contributed by atoms with Crippen LogP contribution in [0, 0.1) is 0 Å². The molecule has 0 saturated carbocycles. The summed E-state index contributed by atoms with van der Waals surface area (Å²) in [5.74, 6) is 0. The second kappa shape index (κ2) is 4.77. The van der Waals surface area contributed by atoms with Crippen molar-refractivity contribution in [3.05, 3.63) is 0 Å². The van der Waals surface area contributed by atoms with E-state index in [0.29, 0.717) is 6.04 Å². The van der Waals surface area contributed by atoms with Gasteiger partial charge in [0.25, 0.3) is 0 Å². The van der Waals surface area contributed by atoms with E-state index in [-0.39, 0.29) is 0 Å². The van der Waals surface area contributed by atoms with Gasteiger partial charge in [0.15, 0.2) is 0 Å². The van der Waals surface area contributed by atoms with Crippen LogP contribution in [0.3, 0.4) is 0 Å². The van der Waals surface area contributed by atoms with Gasteiger partial charge in [-0.1, -0.05) is 13.8 Å². The van der Waals surface area contributed by atoms with Crippen LogP contribution in [0.25, 0.3) is 0 Å². The molecule has 0 rings (SSSR count). The van der Waals surface area contributed by atoms with E-state index in [2.05, 4.69) is 38.1 Å². The minimum Gasteiger partial charge on any atom is -0.255 e. The number of hydrazine groups is 1. The number of hydrogen-bond acceptors (Lipinski definition) is 2. The summed E-state index contributed by atoms with van der Waals surface area (Å²) in [5, 5.41) is 2.22. The van der Waals surface area contributed by atoms with Crippen molar-refractivity contribution in [3.63, 3.8) is 0 Å². The van der Waals surface area contributed by atoms with E-state index in [4.69, 9.17) is 0 Å². The average molecular weight is 130 g/mol. The smallest absolute Gasteiger partial charge is 0.0186 e. The quantitative estimate of drug-likeness (QED) is 0.576. The van der Waals surface area contributed by atoms with Crippen molar-refractivity contribution in [2.45, 2.75) is 33.7 Å². The molecule has 56 valence electrons. The molecule has 2 heteroatoms. The lowest BCUT2D eigenvalue weighted by molar-refractivity contribution is 0.157. The Kier molecular flexibility index (Phi) is 4.72. The van der Waals surface area contributed by atoms with E-state index in [9.17, 15) is 0 Å². The number of nitrogens with one attached hydrogen (secondary N) is 1. The van der Waals surface area contributed by atoms with Crippen molar-refractivity contribution < 1.29 is 0 Å². The third-order valence-corrected chi connectivity index (χ3v) is 1.33. The van der Waals surface area contributed by atoms with Crippen LogP contribution >= 0.6 is 0 Å². The molecule has 0 aliphatic heterocycles. The Labute approximate surface area is 58.2 Å². The molecule has 0 saturated heterocycles. The van der Waals surface area contributed by atoms with Gasteiger partial charge >= 0.3 is 0 Å². The lowest BCUT2D eigenvalue weighted by atomic mass is 10.4. The molecular formula is C7H18N2. The molecule has 0 heterocycles. The van der Waals surface area contributed by atoms with Crippen molar-refractivity contribution >= 4 is 0 Å². The van der Waals surface area contributed by atoms with E-state index in [1.54, 1.807) is 0 Å². The van der Waals surface area contributed by atoms with Gasteiger partial charge < -0.3 is 0 Å². The molecule has 0 aliphatic rings.